The molecule has 3 heteroatoms. The second kappa shape index (κ2) is 7.61. The summed E-state index contributed by atoms with van der Waals surface area (Å²) in [5.74, 6) is 0. The Kier molecular flexibility index (Phi) is 5.80. The van der Waals surface area contributed by atoms with E-state index in [2.05, 4.69) is 35.1 Å². The van der Waals surface area contributed by atoms with Crippen molar-refractivity contribution in [2.24, 2.45) is 0 Å². The molecule has 0 aliphatic carbocycles. The SMILES string of the molecule is CCCCN(CC1CCCN1)C(C)c1cccnc1. The van der Waals surface area contributed by atoms with Gasteiger partial charge in [-0.1, -0.05) is 19.4 Å². The first kappa shape index (κ1) is 14.5. The number of rotatable bonds is 7. The minimum atomic E-state index is 0.461. The predicted molar refractivity (Wildman–Crippen MR) is 80.2 cm³/mol. The van der Waals surface area contributed by atoms with Crippen LogP contribution in [0.4, 0.5) is 0 Å². The van der Waals surface area contributed by atoms with Crippen molar-refractivity contribution in [3.63, 3.8) is 0 Å². The molecule has 0 amide bonds. The summed E-state index contributed by atoms with van der Waals surface area (Å²) in [6.07, 6.45) is 9.04. The lowest BCUT2D eigenvalue weighted by molar-refractivity contribution is 0.189. The van der Waals surface area contributed by atoms with Gasteiger partial charge >= 0.3 is 0 Å². The molecule has 2 unspecified atom stereocenters. The van der Waals surface area contributed by atoms with E-state index in [0.29, 0.717) is 12.1 Å². The maximum absolute atomic E-state index is 4.26. The van der Waals surface area contributed by atoms with Crippen molar-refractivity contribution in [3.05, 3.63) is 30.1 Å². The summed E-state index contributed by atoms with van der Waals surface area (Å²) in [7, 11) is 0. The monoisotopic (exact) mass is 261 g/mol. The van der Waals surface area contributed by atoms with Gasteiger partial charge in [0.1, 0.15) is 0 Å². The van der Waals surface area contributed by atoms with Crippen LogP contribution < -0.4 is 5.32 Å². The minimum absolute atomic E-state index is 0.461. The minimum Gasteiger partial charge on any atom is -0.313 e. The summed E-state index contributed by atoms with van der Waals surface area (Å²) in [4.78, 5) is 6.87. The highest BCUT2D eigenvalue weighted by atomic mass is 15.2. The molecule has 0 bridgehead atoms. The summed E-state index contributed by atoms with van der Waals surface area (Å²) in [6, 6.07) is 5.37. The largest absolute Gasteiger partial charge is 0.313 e. The van der Waals surface area contributed by atoms with Crippen molar-refractivity contribution in [2.45, 2.75) is 51.6 Å². The molecular formula is C16H27N3. The third-order valence-electron chi connectivity index (χ3n) is 4.13. The molecule has 0 spiro atoms. The number of hydrogen-bond acceptors (Lipinski definition) is 3. The van der Waals surface area contributed by atoms with Gasteiger partial charge in [0.05, 0.1) is 0 Å². The van der Waals surface area contributed by atoms with E-state index in [-0.39, 0.29) is 0 Å². The van der Waals surface area contributed by atoms with Gasteiger partial charge in [-0.3, -0.25) is 9.88 Å². The number of pyridine rings is 1. The van der Waals surface area contributed by atoms with Crippen LogP contribution in [0.1, 0.15) is 51.1 Å². The van der Waals surface area contributed by atoms with Crippen LogP contribution in [0.2, 0.25) is 0 Å². The Hall–Kier alpha value is -0.930. The average molecular weight is 261 g/mol. The fraction of sp³-hybridized carbons (Fsp3) is 0.688. The molecule has 0 radical (unpaired) electrons. The Bertz CT molecular complexity index is 346. The predicted octanol–water partition coefficient (Wildman–Crippen LogP) is 3.00. The molecule has 2 heterocycles. The van der Waals surface area contributed by atoms with Crippen molar-refractivity contribution < 1.29 is 0 Å². The molecule has 2 rings (SSSR count). The Balaban J connectivity index is 1.98. The smallest absolute Gasteiger partial charge is 0.0335 e. The molecular weight excluding hydrogens is 234 g/mol. The molecule has 1 saturated heterocycles. The molecule has 1 N–H and O–H groups in total. The topological polar surface area (TPSA) is 28.2 Å². The summed E-state index contributed by atoms with van der Waals surface area (Å²) < 4.78 is 0. The molecule has 1 aliphatic heterocycles. The van der Waals surface area contributed by atoms with Crippen LogP contribution in [0, 0.1) is 0 Å². The Morgan fingerprint density at radius 2 is 2.42 bits per heavy atom. The van der Waals surface area contributed by atoms with Gasteiger partial charge in [-0.25, -0.2) is 0 Å². The second-order valence-corrected chi connectivity index (χ2v) is 5.60. The lowest BCUT2D eigenvalue weighted by Crippen LogP contribution is -2.39. The molecule has 1 aliphatic rings. The van der Waals surface area contributed by atoms with E-state index in [1.807, 2.05) is 18.5 Å². The van der Waals surface area contributed by atoms with Gasteiger partial charge in [0.15, 0.2) is 0 Å². The van der Waals surface area contributed by atoms with Gasteiger partial charge in [0.2, 0.25) is 0 Å². The van der Waals surface area contributed by atoms with Gasteiger partial charge in [0.25, 0.3) is 0 Å². The summed E-state index contributed by atoms with van der Waals surface area (Å²) in [5, 5.41) is 3.61. The highest BCUT2D eigenvalue weighted by Crippen LogP contribution is 2.21. The van der Waals surface area contributed by atoms with Gasteiger partial charge < -0.3 is 5.32 Å². The number of aromatic nitrogens is 1. The molecule has 1 aromatic rings. The zero-order valence-corrected chi connectivity index (χ0v) is 12.3. The first-order chi connectivity index (χ1) is 9.31. The first-order valence-corrected chi connectivity index (χ1v) is 7.68. The Morgan fingerprint density at radius 1 is 1.53 bits per heavy atom. The molecule has 19 heavy (non-hydrogen) atoms. The maximum atomic E-state index is 4.26. The lowest BCUT2D eigenvalue weighted by atomic mass is 10.1. The van der Waals surface area contributed by atoms with Crippen LogP contribution >= 0.6 is 0 Å². The van der Waals surface area contributed by atoms with Crippen LogP contribution in [0.3, 0.4) is 0 Å². The zero-order chi connectivity index (χ0) is 13.5. The van der Waals surface area contributed by atoms with E-state index < -0.39 is 0 Å². The van der Waals surface area contributed by atoms with Gasteiger partial charge in [-0.2, -0.15) is 0 Å². The summed E-state index contributed by atoms with van der Waals surface area (Å²) in [5.41, 5.74) is 1.33. The van der Waals surface area contributed by atoms with E-state index in [1.54, 1.807) is 0 Å². The number of unbranched alkanes of at least 4 members (excludes halogenated alkanes) is 1. The molecule has 106 valence electrons. The number of nitrogens with one attached hydrogen (secondary N) is 1. The van der Waals surface area contributed by atoms with Gasteiger partial charge in [-0.05, 0) is 50.9 Å². The number of hydrogen-bond donors (Lipinski definition) is 1. The average Bonchev–Trinajstić information content (AvgIpc) is 2.96. The Morgan fingerprint density at radius 3 is 3.05 bits per heavy atom. The molecule has 2 atom stereocenters. The van der Waals surface area contributed by atoms with Crippen LogP contribution in [0.5, 0.6) is 0 Å². The van der Waals surface area contributed by atoms with E-state index in [9.17, 15) is 0 Å². The fourth-order valence-electron chi connectivity index (χ4n) is 2.83. The fourth-order valence-corrected chi connectivity index (χ4v) is 2.83. The summed E-state index contributed by atoms with van der Waals surface area (Å²) in [6.45, 7) is 8.11. The van der Waals surface area contributed by atoms with Crippen molar-refractivity contribution in [1.82, 2.24) is 15.2 Å². The van der Waals surface area contributed by atoms with E-state index in [1.165, 1.54) is 44.3 Å². The highest BCUT2D eigenvalue weighted by Gasteiger charge is 2.21. The number of nitrogens with zero attached hydrogens (tertiary/aromatic N) is 2. The van der Waals surface area contributed by atoms with Crippen molar-refractivity contribution in [2.75, 3.05) is 19.6 Å². The van der Waals surface area contributed by atoms with Crippen LogP contribution in [-0.2, 0) is 0 Å². The maximum Gasteiger partial charge on any atom is 0.0335 e. The standard InChI is InChI=1S/C16H27N3/c1-3-4-11-19(13-16-8-6-10-18-16)14(2)15-7-5-9-17-12-15/h5,7,9,12,14,16,18H,3-4,6,8,10-11,13H2,1-2H3. The Labute approximate surface area is 117 Å². The quantitative estimate of drug-likeness (QED) is 0.818. The third kappa shape index (κ3) is 4.29. The molecule has 1 aromatic heterocycles. The molecule has 0 aromatic carbocycles. The normalized spacial score (nSPS) is 20.9. The van der Waals surface area contributed by atoms with E-state index >= 15 is 0 Å². The molecule has 1 fully saturated rings. The molecule has 3 nitrogen and oxygen atoms in total. The van der Waals surface area contributed by atoms with Crippen molar-refractivity contribution >= 4 is 0 Å². The summed E-state index contributed by atoms with van der Waals surface area (Å²) >= 11 is 0. The van der Waals surface area contributed by atoms with Crippen LogP contribution in [0.15, 0.2) is 24.5 Å². The zero-order valence-electron chi connectivity index (χ0n) is 12.3. The second-order valence-electron chi connectivity index (χ2n) is 5.60. The lowest BCUT2D eigenvalue weighted by Gasteiger charge is -2.31. The van der Waals surface area contributed by atoms with Gasteiger partial charge in [-0.15, -0.1) is 0 Å². The first-order valence-electron chi connectivity index (χ1n) is 7.68. The van der Waals surface area contributed by atoms with E-state index in [4.69, 9.17) is 0 Å². The highest BCUT2D eigenvalue weighted by molar-refractivity contribution is 5.13. The third-order valence-corrected chi connectivity index (χ3v) is 4.13. The van der Waals surface area contributed by atoms with Crippen LogP contribution in [0.25, 0.3) is 0 Å². The molecule has 0 saturated carbocycles. The van der Waals surface area contributed by atoms with Crippen LogP contribution in [-0.4, -0.2) is 35.6 Å². The van der Waals surface area contributed by atoms with E-state index in [0.717, 1.165) is 6.54 Å². The van der Waals surface area contributed by atoms with Crippen molar-refractivity contribution in [1.29, 1.82) is 0 Å². The van der Waals surface area contributed by atoms with Crippen molar-refractivity contribution in [3.8, 4) is 0 Å². The van der Waals surface area contributed by atoms with Gasteiger partial charge in [0, 0.05) is 31.0 Å².